The normalized spacial score (nSPS) is 22.4. The van der Waals surface area contributed by atoms with Gasteiger partial charge in [-0.15, -0.1) is 0 Å². The molecule has 1 aromatic carbocycles. The summed E-state index contributed by atoms with van der Waals surface area (Å²) in [6, 6.07) is 2.29. The van der Waals surface area contributed by atoms with Gasteiger partial charge in [0, 0.05) is 10.5 Å². The van der Waals surface area contributed by atoms with E-state index in [1.54, 1.807) is 0 Å². The highest BCUT2D eigenvalue weighted by molar-refractivity contribution is 9.10. The van der Waals surface area contributed by atoms with Gasteiger partial charge in [0.15, 0.2) is 0 Å². The van der Waals surface area contributed by atoms with Crippen LogP contribution in [-0.2, 0) is 10.0 Å². The smallest absolute Gasteiger partial charge is 0.337 e. The number of benzene rings is 1. The first-order valence-corrected chi connectivity index (χ1v) is 9.11. The molecular formula is C13H15BrClNO4S. The van der Waals surface area contributed by atoms with E-state index in [1.165, 1.54) is 6.07 Å². The molecule has 0 aliphatic heterocycles. The third kappa shape index (κ3) is 3.77. The van der Waals surface area contributed by atoms with Crippen LogP contribution in [0.4, 0.5) is 0 Å². The van der Waals surface area contributed by atoms with Gasteiger partial charge < -0.3 is 5.11 Å². The zero-order chi connectivity index (χ0) is 15.8. The maximum absolute atomic E-state index is 12.4. The third-order valence-corrected chi connectivity index (χ3v) is 6.32. The maximum atomic E-state index is 12.4. The lowest BCUT2D eigenvalue weighted by Gasteiger charge is -2.14. The van der Waals surface area contributed by atoms with Crippen molar-refractivity contribution in [2.24, 2.45) is 5.92 Å². The van der Waals surface area contributed by atoms with Crippen molar-refractivity contribution in [1.82, 2.24) is 4.72 Å². The number of halogens is 2. The molecule has 0 saturated heterocycles. The minimum absolute atomic E-state index is 0.0176. The monoisotopic (exact) mass is 395 g/mol. The van der Waals surface area contributed by atoms with Crippen molar-refractivity contribution in [2.75, 3.05) is 0 Å². The Hall–Kier alpha value is -0.630. The molecule has 116 valence electrons. The van der Waals surface area contributed by atoms with E-state index in [2.05, 4.69) is 27.6 Å². The summed E-state index contributed by atoms with van der Waals surface area (Å²) in [5.41, 5.74) is -0.244. The Labute approximate surface area is 136 Å². The van der Waals surface area contributed by atoms with E-state index in [1.807, 2.05) is 0 Å². The van der Waals surface area contributed by atoms with Crippen molar-refractivity contribution in [1.29, 1.82) is 0 Å². The fourth-order valence-electron chi connectivity index (χ4n) is 2.48. The molecule has 21 heavy (non-hydrogen) atoms. The van der Waals surface area contributed by atoms with E-state index < -0.39 is 16.0 Å². The van der Waals surface area contributed by atoms with Crippen LogP contribution in [0.1, 0.15) is 36.5 Å². The van der Waals surface area contributed by atoms with Crippen LogP contribution in [0.15, 0.2) is 21.5 Å². The van der Waals surface area contributed by atoms with Crippen molar-refractivity contribution >= 4 is 43.5 Å². The topological polar surface area (TPSA) is 83.5 Å². The second-order valence-electron chi connectivity index (χ2n) is 5.31. The second-order valence-corrected chi connectivity index (χ2v) is 8.25. The summed E-state index contributed by atoms with van der Waals surface area (Å²) < 4.78 is 27.6. The van der Waals surface area contributed by atoms with Crippen LogP contribution in [0.25, 0.3) is 0 Å². The van der Waals surface area contributed by atoms with Crippen molar-refractivity contribution < 1.29 is 18.3 Å². The number of aromatic carboxylic acids is 1. The minimum atomic E-state index is -3.76. The lowest BCUT2D eigenvalue weighted by Crippen LogP contribution is -2.33. The summed E-state index contributed by atoms with van der Waals surface area (Å²) in [5, 5.41) is 9.06. The average molecular weight is 397 g/mol. The van der Waals surface area contributed by atoms with Gasteiger partial charge in [-0.3, -0.25) is 0 Å². The highest BCUT2D eigenvalue weighted by atomic mass is 79.9. The number of sulfonamides is 1. The van der Waals surface area contributed by atoms with Gasteiger partial charge >= 0.3 is 5.97 Å². The fraction of sp³-hybridized carbons (Fsp3) is 0.462. The summed E-state index contributed by atoms with van der Waals surface area (Å²) in [6.45, 7) is 2.08. The molecule has 2 rings (SSSR count). The maximum Gasteiger partial charge on any atom is 0.337 e. The quantitative estimate of drug-likeness (QED) is 0.818. The summed E-state index contributed by atoms with van der Waals surface area (Å²) in [6.07, 6.45) is 2.57. The molecule has 1 aromatic rings. The molecule has 0 spiro atoms. The Morgan fingerprint density at radius 3 is 2.62 bits per heavy atom. The molecule has 1 fully saturated rings. The number of carboxylic acid groups (broad SMARTS) is 1. The Balaban J connectivity index is 2.34. The van der Waals surface area contributed by atoms with Crippen LogP contribution in [0.2, 0.25) is 5.02 Å². The van der Waals surface area contributed by atoms with Gasteiger partial charge in [0.25, 0.3) is 0 Å². The summed E-state index contributed by atoms with van der Waals surface area (Å²) in [7, 11) is -3.76. The first kappa shape index (κ1) is 16.7. The number of nitrogens with one attached hydrogen (secondary N) is 1. The zero-order valence-corrected chi connectivity index (χ0v) is 14.4. The highest BCUT2D eigenvalue weighted by Crippen LogP contribution is 2.31. The molecule has 0 aromatic heterocycles. The molecule has 2 unspecified atom stereocenters. The number of carbonyl (C=O) groups is 1. The predicted molar refractivity (Wildman–Crippen MR) is 83.2 cm³/mol. The molecule has 2 atom stereocenters. The lowest BCUT2D eigenvalue weighted by molar-refractivity contribution is 0.0696. The molecule has 2 N–H and O–H groups in total. The van der Waals surface area contributed by atoms with E-state index in [0.717, 1.165) is 25.3 Å². The van der Waals surface area contributed by atoms with Gasteiger partial charge in [0.1, 0.15) is 0 Å². The molecular weight excluding hydrogens is 382 g/mol. The largest absolute Gasteiger partial charge is 0.478 e. The van der Waals surface area contributed by atoms with Crippen LogP contribution < -0.4 is 4.72 Å². The molecule has 0 heterocycles. The highest BCUT2D eigenvalue weighted by Gasteiger charge is 2.28. The van der Waals surface area contributed by atoms with E-state index in [9.17, 15) is 13.2 Å². The number of carboxylic acids is 1. The number of rotatable bonds is 4. The van der Waals surface area contributed by atoms with Gasteiger partial charge in [-0.05, 0) is 53.2 Å². The van der Waals surface area contributed by atoms with E-state index in [-0.39, 0.29) is 26.0 Å². The van der Waals surface area contributed by atoms with Crippen LogP contribution in [0.3, 0.4) is 0 Å². The third-order valence-electron chi connectivity index (χ3n) is 3.56. The zero-order valence-electron chi connectivity index (χ0n) is 11.3. The van der Waals surface area contributed by atoms with Gasteiger partial charge in [0.05, 0.1) is 15.5 Å². The summed E-state index contributed by atoms with van der Waals surface area (Å²) >= 11 is 8.95. The van der Waals surface area contributed by atoms with Crippen LogP contribution in [0.5, 0.6) is 0 Å². The molecule has 8 heteroatoms. The predicted octanol–water partition coefficient (Wildman–Crippen LogP) is 3.27. The van der Waals surface area contributed by atoms with Gasteiger partial charge in [0.2, 0.25) is 10.0 Å². The molecule has 5 nitrogen and oxygen atoms in total. The lowest BCUT2D eigenvalue weighted by atomic mass is 10.1. The summed E-state index contributed by atoms with van der Waals surface area (Å²) in [4.78, 5) is 11.0. The molecule has 0 radical (unpaired) electrons. The van der Waals surface area contributed by atoms with Crippen LogP contribution in [-0.4, -0.2) is 25.5 Å². The van der Waals surface area contributed by atoms with Crippen molar-refractivity contribution in [3.63, 3.8) is 0 Å². The standard InChI is InChI=1S/C13H15BrClNO4S/c1-7-2-3-8(4-7)16-21(19,20)9-5-10(13(17)18)12(15)11(14)6-9/h5-8,16H,2-4H2,1H3,(H,17,18). The molecule has 0 amide bonds. The minimum Gasteiger partial charge on any atom is -0.478 e. The average Bonchev–Trinajstić information content (AvgIpc) is 2.76. The van der Waals surface area contributed by atoms with Crippen molar-refractivity contribution in [2.45, 2.75) is 37.1 Å². The Morgan fingerprint density at radius 1 is 1.43 bits per heavy atom. The van der Waals surface area contributed by atoms with Crippen LogP contribution in [0, 0.1) is 5.92 Å². The van der Waals surface area contributed by atoms with Gasteiger partial charge in [-0.2, -0.15) is 0 Å². The Kier molecular flexibility index (Phi) is 4.97. The van der Waals surface area contributed by atoms with E-state index in [0.29, 0.717) is 5.92 Å². The van der Waals surface area contributed by atoms with E-state index in [4.69, 9.17) is 16.7 Å². The van der Waals surface area contributed by atoms with Gasteiger partial charge in [-0.25, -0.2) is 17.9 Å². The Morgan fingerprint density at radius 2 is 2.10 bits per heavy atom. The first-order valence-electron chi connectivity index (χ1n) is 6.45. The number of hydrogen-bond acceptors (Lipinski definition) is 3. The van der Waals surface area contributed by atoms with Crippen LogP contribution >= 0.6 is 27.5 Å². The Bertz CT molecular complexity index is 677. The number of hydrogen-bond donors (Lipinski definition) is 2. The SMILES string of the molecule is CC1CCC(NS(=O)(=O)c2cc(Br)c(Cl)c(C(=O)O)c2)C1. The molecule has 1 aliphatic rings. The second kappa shape index (κ2) is 6.24. The molecule has 1 saturated carbocycles. The molecule has 1 aliphatic carbocycles. The first-order chi connectivity index (χ1) is 9.70. The fourth-order valence-corrected chi connectivity index (χ4v) is 4.61. The molecule has 0 bridgehead atoms. The summed E-state index contributed by atoms with van der Waals surface area (Å²) in [5.74, 6) is -0.781. The van der Waals surface area contributed by atoms with Crippen molar-refractivity contribution in [3.05, 3.63) is 27.2 Å². The van der Waals surface area contributed by atoms with Gasteiger partial charge in [-0.1, -0.05) is 18.5 Å². The van der Waals surface area contributed by atoms with E-state index >= 15 is 0 Å². The van der Waals surface area contributed by atoms with Crippen molar-refractivity contribution in [3.8, 4) is 0 Å².